The zero-order valence-corrected chi connectivity index (χ0v) is 11.5. The van der Waals surface area contributed by atoms with Gasteiger partial charge in [0.05, 0.1) is 13.1 Å². The molecule has 0 radical (unpaired) electrons. The molecule has 1 heterocycles. The van der Waals surface area contributed by atoms with Gasteiger partial charge in [-0.25, -0.2) is 0 Å². The number of carbonyl (C=O) groups is 2. The van der Waals surface area contributed by atoms with Crippen molar-refractivity contribution in [2.75, 3.05) is 32.7 Å². The maximum Gasteiger partial charge on any atom is 0.317 e. The van der Waals surface area contributed by atoms with Gasteiger partial charge in [-0.3, -0.25) is 14.5 Å². The Kier molecular flexibility index (Phi) is 6.80. The second-order valence-corrected chi connectivity index (χ2v) is 5.12. The molecule has 1 unspecified atom stereocenters. The van der Waals surface area contributed by atoms with Crippen LogP contribution in [0.15, 0.2) is 0 Å². The van der Waals surface area contributed by atoms with Crippen LogP contribution in [-0.2, 0) is 9.59 Å². The Morgan fingerprint density at radius 1 is 1.16 bits per heavy atom. The van der Waals surface area contributed by atoms with Gasteiger partial charge in [0, 0.05) is 6.04 Å². The lowest BCUT2D eigenvalue weighted by atomic mass is 10.1. The van der Waals surface area contributed by atoms with Crippen LogP contribution >= 0.6 is 0 Å². The van der Waals surface area contributed by atoms with Gasteiger partial charge in [0.1, 0.15) is 0 Å². The SMILES string of the molecule is CCCN1CCCC(N(CC(=O)O)CC(=O)O)CC1. The van der Waals surface area contributed by atoms with E-state index in [-0.39, 0.29) is 19.1 Å². The minimum atomic E-state index is -0.962. The molecule has 1 saturated heterocycles. The van der Waals surface area contributed by atoms with Gasteiger partial charge >= 0.3 is 11.9 Å². The fourth-order valence-corrected chi connectivity index (χ4v) is 2.70. The molecule has 0 aromatic heterocycles. The lowest BCUT2D eigenvalue weighted by Crippen LogP contribution is -2.42. The maximum atomic E-state index is 10.8. The predicted octanol–water partition coefficient (Wildman–Crippen LogP) is 0.722. The largest absolute Gasteiger partial charge is 0.480 e. The van der Waals surface area contributed by atoms with Crippen LogP contribution in [0.1, 0.15) is 32.6 Å². The van der Waals surface area contributed by atoms with Crippen molar-refractivity contribution in [2.24, 2.45) is 0 Å². The van der Waals surface area contributed by atoms with Crippen LogP contribution in [0.2, 0.25) is 0 Å². The van der Waals surface area contributed by atoms with E-state index in [0.29, 0.717) is 0 Å². The smallest absolute Gasteiger partial charge is 0.317 e. The van der Waals surface area contributed by atoms with E-state index < -0.39 is 11.9 Å². The highest BCUT2D eigenvalue weighted by Gasteiger charge is 2.25. The van der Waals surface area contributed by atoms with Crippen LogP contribution in [-0.4, -0.2) is 70.7 Å². The number of carboxylic acid groups (broad SMARTS) is 2. The van der Waals surface area contributed by atoms with E-state index in [1.165, 1.54) is 0 Å². The van der Waals surface area contributed by atoms with Gasteiger partial charge in [0.25, 0.3) is 0 Å². The maximum absolute atomic E-state index is 10.8. The third-order valence-corrected chi connectivity index (χ3v) is 3.52. The second kappa shape index (κ2) is 8.12. The fraction of sp³-hybridized carbons (Fsp3) is 0.846. The van der Waals surface area contributed by atoms with Crippen LogP contribution in [0.4, 0.5) is 0 Å². The zero-order chi connectivity index (χ0) is 14.3. The highest BCUT2D eigenvalue weighted by molar-refractivity contribution is 5.72. The molecular formula is C13H24N2O4. The number of nitrogens with zero attached hydrogens (tertiary/aromatic N) is 2. The average molecular weight is 272 g/mol. The summed E-state index contributed by atoms with van der Waals surface area (Å²) in [4.78, 5) is 25.6. The van der Waals surface area contributed by atoms with Gasteiger partial charge < -0.3 is 15.1 Å². The van der Waals surface area contributed by atoms with Gasteiger partial charge in [-0.1, -0.05) is 6.92 Å². The van der Waals surface area contributed by atoms with Crippen LogP contribution in [0.3, 0.4) is 0 Å². The molecule has 0 amide bonds. The van der Waals surface area contributed by atoms with Crippen molar-refractivity contribution in [3.05, 3.63) is 0 Å². The van der Waals surface area contributed by atoms with Crippen molar-refractivity contribution in [3.8, 4) is 0 Å². The Morgan fingerprint density at radius 3 is 2.32 bits per heavy atom. The molecule has 6 nitrogen and oxygen atoms in total. The minimum absolute atomic E-state index is 0.0639. The molecule has 0 saturated carbocycles. The van der Waals surface area contributed by atoms with Crippen LogP contribution < -0.4 is 0 Å². The monoisotopic (exact) mass is 272 g/mol. The van der Waals surface area contributed by atoms with E-state index in [4.69, 9.17) is 10.2 Å². The standard InChI is InChI=1S/C13H24N2O4/c1-2-6-14-7-3-4-11(5-8-14)15(9-12(16)17)10-13(18)19/h11H,2-10H2,1H3,(H,16,17)(H,18,19). The Hall–Kier alpha value is -1.14. The average Bonchev–Trinajstić information content (AvgIpc) is 2.53. The summed E-state index contributed by atoms with van der Waals surface area (Å²) in [6.45, 7) is 4.77. The number of rotatable bonds is 7. The first-order valence-electron chi connectivity index (χ1n) is 6.93. The van der Waals surface area contributed by atoms with Gasteiger partial charge in [-0.2, -0.15) is 0 Å². The first kappa shape index (κ1) is 15.9. The summed E-state index contributed by atoms with van der Waals surface area (Å²) < 4.78 is 0. The molecule has 0 aromatic rings. The molecule has 1 aliphatic heterocycles. The summed E-state index contributed by atoms with van der Waals surface area (Å²) in [5.74, 6) is -1.92. The first-order chi connectivity index (χ1) is 9.02. The molecule has 0 bridgehead atoms. The van der Waals surface area contributed by atoms with Crippen LogP contribution in [0, 0.1) is 0 Å². The second-order valence-electron chi connectivity index (χ2n) is 5.12. The van der Waals surface area contributed by atoms with Crippen molar-refractivity contribution in [1.29, 1.82) is 0 Å². The van der Waals surface area contributed by atoms with Gasteiger partial charge in [-0.15, -0.1) is 0 Å². The number of aliphatic carboxylic acids is 2. The Morgan fingerprint density at radius 2 is 1.79 bits per heavy atom. The van der Waals surface area contributed by atoms with Crippen molar-refractivity contribution in [3.63, 3.8) is 0 Å². The normalized spacial score (nSPS) is 21.3. The number of hydrogen-bond acceptors (Lipinski definition) is 4. The number of carboxylic acids is 2. The third-order valence-electron chi connectivity index (χ3n) is 3.52. The van der Waals surface area contributed by atoms with Crippen molar-refractivity contribution >= 4 is 11.9 Å². The molecule has 1 atom stereocenters. The summed E-state index contributed by atoms with van der Waals surface area (Å²) >= 11 is 0. The summed E-state index contributed by atoms with van der Waals surface area (Å²) in [5.41, 5.74) is 0. The van der Waals surface area contributed by atoms with E-state index >= 15 is 0 Å². The lowest BCUT2D eigenvalue weighted by molar-refractivity contribution is -0.143. The summed E-state index contributed by atoms with van der Waals surface area (Å²) in [6.07, 6.45) is 3.83. The molecule has 1 aliphatic rings. The van der Waals surface area contributed by atoms with Gasteiger partial charge in [0.2, 0.25) is 0 Å². The van der Waals surface area contributed by atoms with Gasteiger partial charge in [-0.05, 0) is 45.3 Å². The summed E-state index contributed by atoms with van der Waals surface area (Å²) in [5, 5.41) is 17.8. The number of hydrogen-bond donors (Lipinski definition) is 2. The molecule has 1 fully saturated rings. The van der Waals surface area contributed by atoms with Crippen LogP contribution in [0.5, 0.6) is 0 Å². The van der Waals surface area contributed by atoms with E-state index in [1.54, 1.807) is 4.90 Å². The minimum Gasteiger partial charge on any atom is -0.480 e. The molecular weight excluding hydrogens is 248 g/mol. The summed E-state index contributed by atoms with van der Waals surface area (Å²) in [7, 11) is 0. The fourth-order valence-electron chi connectivity index (χ4n) is 2.70. The molecule has 1 rings (SSSR count). The molecule has 0 spiro atoms. The zero-order valence-electron chi connectivity index (χ0n) is 11.5. The van der Waals surface area contributed by atoms with E-state index in [1.807, 2.05) is 0 Å². The van der Waals surface area contributed by atoms with Crippen molar-refractivity contribution in [2.45, 2.75) is 38.6 Å². The van der Waals surface area contributed by atoms with Crippen molar-refractivity contribution in [1.82, 2.24) is 9.80 Å². The summed E-state index contributed by atoms with van der Waals surface area (Å²) in [6, 6.07) is 0.0639. The Balaban J connectivity index is 2.57. The van der Waals surface area contributed by atoms with Crippen molar-refractivity contribution < 1.29 is 19.8 Å². The molecule has 110 valence electrons. The first-order valence-corrected chi connectivity index (χ1v) is 6.93. The van der Waals surface area contributed by atoms with E-state index in [0.717, 1.165) is 45.3 Å². The quantitative estimate of drug-likeness (QED) is 0.711. The molecule has 6 heteroatoms. The number of likely N-dealkylation sites (tertiary alicyclic amines) is 1. The molecule has 0 aliphatic carbocycles. The molecule has 0 aromatic carbocycles. The molecule has 19 heavy (non-hydrogen) atoms. The topological polar surface area (TPSA) is 81.1 Å². The highest BCUT2D eigenvalue weighted by Crippen LogP contribution is 2.17. The van der Waals surface area contributed by atoms with Gasteiger partial charge in [0.15, 0.2) is 0 Å². The van der Waals surface area contributed by atoms with Crippen LogP contribution in [0.25, 0.3) is 0 Å². The highest BCUT2D eigenvalue weighted by atomic mass is 16.4. The lowest BCUT2D eigenvalue weighted by Gasteiger charge is -2.28. The van der Waals surface area contributed by atoms with E-state index in [2.05, 4.69) is 11.8 Å². The van der Waals surface area contributed by atoms with E-state index in [9.17, 15) is 9.59 Å². The third kappa shape index (κ3) is 6.02. The Labute approximate surface area is 114 Å². The Bertz CT molecular complexity index is 293. The molecule has 2 N–H and O–H groups in total. The predicted molar refractivity (Wildman–Crippen MR) is 71.2 cm³/mol.